The zero-order chi connectivity index (χ0) is 8.55. The zero-order valence-electron chi connectivity index (χ0n) is 7.68. The maximum atomic E-state index is 5.39. The Kier molecular flexibility index (Phi) is 1.89. The van der Waals surface area contributed by atoms with Crippen molar-refractivity contribution in [3.63, 3.8) is 0 Å². The summed E-state index contributed by atoms with van der Waals surface area (Å²) in [5.74, 6) is 0. The molecule has 64 valence electrons. The molecule has 1 heteroatoms. The van der Waals surface area contributed by atoms with Gasteiger partial charge in [-0.3, -0.25) is 0 Å². The van der Waals surface area contributed by atoms with Crippen molar-refractivity contribution in [1.29, 1.82) is 0 Å². The Hall–Kier alpha value is -0.820. The Balaban J connectivity index is 2.49. The summed E-state index contributed by atoms with van der Waals surface area (Å²) in [7, 11) is 0. The number of fused-ring (bicyclic) bond motifs is 1. The van der Waals surface area contributed by atoms with E-state index >= 15 is 0 Å². The highest BCUT2D eigenvalue weighted by atomic mass is 16.5. The lowest BCUT2D eigenvalue weighted by atomic mass is 9.97. The molecular formula is C11H14O. The van der Waals surface area contributed by atoms with Gasteiger partial charge in [-0.15, -0.1) is 0 Å². The quantitative estimate of drug-likeness (QED) is 0.569. The van der Waals surface area contributed by atoms with Gasteiger partial charge in [0, 0.05) is 0 Å². The second-order valence-electron chi connectivity index (χ2n) is 3.51. The van der Waals surface area contributed by atoms with Gasteiger partial charge >= 0.3 is 0 Å². The average molecular weight is 162 g/mol. The normalized spacial score (nSPS) is 15.8. The van der Waals surface area contributed by atoms with Crippen molar-refractivity contribution >= 4 is 0 Å². The Bertz CT molecular complexity index is 271. The van der Waals surface area contributed by atoms with Crippen molar-refractivity contribution in [1.82, 2.24) is 0 Å². The molecule has 1 aromatic rings. The maximum Gasteiger partial charge on any atom is 0.0719 e. The van der Waals surface area contributed by atoms with Gasteiger partial charge < -0.3 is 4.74 Å². The minimum absolute atomic E-state index is 0.802. The van der Waals surface area contributed by atoms with E-state index in [-0.39, 0.29) is 0 Å². The monoisotopic (exact) mass is 162 g/mol. The first-order valence-corrected chi connectivity index (χ1v) is 4.44. The highest BCUT2D eigenvalue weighted by Gasteiger charge is 2.09. The molecule has 1 aliphatic rings. The molecule has 0 bridgehead atoms. The summed E-state index contributed by atoms with van der Waals surface area (Å²) in [6.45, 7) is 6.02. The fourth-order valence-corrected chi connectivity index (χ4v) is 1.67. The molecule has 1 nitrogen and oxygen atoms in total. The van der Waals surface area contributed by atoms with Crippen molar-refractivity contribution in [3.8, 4) is 0 Å². The fraction of sp³-hybridized carbons (Fsp3) is 0.455. The van der Waals surface area contributed by atoms with Crippen LogP contribution in [0.1, 0.15) is 22.3 Å². The third-order valence-electron chi connectivity index (χ3n) is 2.59. The maximum absolute atomic E-state index is 5.39. The Morgan fingerprint density at radius 1 is 1.08 bits per heavy atom. The van der Waals surface area contributed by atoms with Gasteiger partial charge in [-0.2, -0.15) is 0 Å². The first-order chi connectivity index (χ1) is 5.77. The molecule has 1 aliphatic heterocycles. The van der Waals surface area contributed by atoms with Gasteiger partial charge in [0.15, 0.2) is 0 Å². The molecule has 0 fully saturated rings. The van der Waals surface area contributed by atoms with Gasteiger partial charge in [-0.25, -0.2) is 0 Å². The molecule has 0 aliphatic carbocycles. The van der Waals surface area contributed by atoms with Crippen molar-refractivity contribution in [2.75, 3.05) is 6.61 Å². The van der Waals surface area contributed by atoms with Crippen LogP contribution in [-0.2, 0) is 17.8 Å². The van der Waals surface area contributed by atoms with E-state index in [1.54, 1.807) is 0 Å². The second kappa shape index (κ2) is 2.91. The van der Waals surface area contributed by atoms with Crippen molar-refractivity contribution in [2.45, 2.75) is 26.9 Å². The van der Waals surface area contributed by atoms with Crippen molar-refractivity contribution < 1.29 is 4.74 Å². The van der Waals surface area contributed by atoms with E-state index in [1.165, 1.54) is 22.3 Å². The van der Waals surface area contributed by atoms with E-state index < -0.39 is 0 Å². The minimum Gasteiger partial charge on any atom is -0.376 e. The molecule has 12 heavy (non-hydrogen) atoms. The lowest BCUT2D eigenvalue weighted by Gasteiger charge is -2.17. The molecule has 0 amide bonds. The molecule has 0 saturated heterocycles. The summed E-state index contributed by atoms with van der Waals surface area (Å²) >= 11 is 0. The topological polar surface area (TPSA) is 9.23 Å². The number of aryl methyl sites for hydroxylation is 2. The van der Waals surface area contributed by atoms with Gasteiger partial charge in [0.05, 0.1) is 13.2 Å². The van der Waals surface area contributed by atoms with E-state index in [0.717, 1.165) is 19.6 Å². The summed E-state index contributed by atoms with van der Waals surface area (Å²) in [4.78, 5) is 0. The van der Waals surface area contributed by atoms with Crippen LogP contribution in [0.15, 0.2) is 12.1 Å². The van der Waals surface area contributed by atoms with Gasteiger partial charge in [0.2, 0.25) is 0 Å². The third-order valence-corrected chi connectivity index (χ3v) is 2.59. The Morgan fingerprint density at radius 3 is 2.50 bits per heavy atom. The van der Waals surface area contributed by atoms with Crippen LogP contribution in [0.4, 0.5) is 0 Å². The number of benzene rings is 1. The van der Waals surface area contributed by atoms with E-state index in [2.05, 4.69) is 26.0 Å². The second-order valence-corrected chi connectivity index (χ2v) is 3.51. The number of hydrogen-bond donors (Lipinski definition) is 0. The molecular weight excluding hydrogens is 148 g/mol. The summed E-state index contributed by atoms with van der Waals surface area (Å²) in [5, 5.41) is 0. The van der Waals surface area contributed by atoms with Crippen molar-refractivity contribution in [2.24, 2.45) is 0 Å². The fourth-order valence-electron chi connectivity index (χ4n) is 1.67. The van der Waals surface area contributed by atoms with Crippen LogP contribution < -0.4 is 0 Å². The van der Waals surface area contributed by atoms with E-state index in [4.69, 9.17) is 4.74 Å². The molecule has 1 heterocycles. The number of ether oxygens (including phenoxy) is 1. The lowest BCUT2D eigenvalue weighted by molar-refractivity contribution is 0.110. The molecule has 0 saturated carbocycles. The largest absolute Gasteiger partial charge is 0.376 e. The Labute approximate surface area is 73.4 Å². The summed E-state index contributed by atoms with van der Waals surface area (Å²) < 4.78 is 5.39. The van der Waals surface area contributed by atoms with Crippen molar-refractivity contribution in [3.05, 3.63) is 34.4 Å². The first kappa shape index (κ1) is 7.81. The van der Waals surface area contributed by atoms with E-state index in [0.29, 0.717) is 0 Å². The summed E-state index contributed by atoms with van der Waals surface area (Å²) in [5.41, 5.74) is 5.63. The van der Waals surface area contributed by atoms with E-state index in [9.17, 15) is 0 Å². The smallest absolute Gasteiger partial charge is 0.0719 e. The third kappa shape index (κ3) is 1.25. The Morgan fingerprint density at radius 2 is 1.75 bits per heavy atom. The van der Waals surface area contributed by atoms with Crippen LogP contribution >= 0.6 is 0 Å². The predicted octanol–water partition coefficient (Wildman–Crippen LogP) is 2.38. The van der Waals surface area contributed by atoms with Gasteiger partial charge in [-0.1, -0.05) is 12.1 Å². The van der Waals surface area contributed by atoms with Crippen LogP contribution in [0.25, 0.3) is 0 Å². The minimum atomic E-state index is 0.802. The molecule has 0 unspecified atom stereocenters. The summed E-state index contributed by atoms with van der Waals surface area (Å²) in [6.07, 6.45) is 1.08. The molecule has 0 radical (unpaired) electrons. The highest BCUT2D eigenvalue weighted by Crippen LogP contribution is 2.20. The highest BCUT2D eigenvalue weighted by molar-refractivity contribution is 5.37. The SMILES string of the molecule is Cc1cc2c(cc1C)COCC2. The lowest BCUT2D eigenvalue weighted by Crippen LogP contribution is -2.10. The number of hydrogen-bond acceptors (Lipinski definition) is 1. The number of rotatable bonds is 0. The van der Waals surface area contributed by atoms with Crippen LogP contribution in [0.2, 0.25) is 0 Å². The standard InChI is InChI=1S/C11H14O/c1-8-5-10-3-4-12-7-11(10)6-9(8)2/h5-6H,3-4,7H2,1-2H3. The molecule has 0 aromatic heterocycles. The van der Waals surface area contributed by atoms with Crippen LogP contribution in [-0.4, -0.2) is 6.61 Å². The van der Waals surface area contributed by atoms with Gasteiger partial charge in [-0.05, 0) is 42.5 Å². The van der Waals surface area contributed by atoms with Crippen LogP contribution in [0.3, 0.4) is 0 Å². The van der Waals surface area contributed by atoms with Crippen LogP contribution in [0.5, 0.6) is 0 Å². The van der Waals surface area contributed by atoms with E-state index in [1.807, 2.05) is 0 Å². The average Bonchev–Trinajstić information content (AvgIpc) is 2.07. The predicted molar refractivity (Wildman–Crippen MR) is 49.3 cm³/mol. The molecule has 0 spiro atoms. The van der Waals surface area contributed by atoms with Crippen LogP contribution in [0, 0.1) is 13.8 Å². The van der Waals surface area contributed by atoms with Gasteiger partial charge in [0.25, 0.3) is 0 Å². The molecule has 2 rings (SSSR count). The molecule has 0 atom stereocenters. The molecule has 0 N–H and O–H groups in total. The zero-order valence-corrected chi connectivity index (χ0v) is 7.68. The molecule has 1 aromatic carbocycles. The summed E-state index contributed by atoms with van der Waals surface area (Å²) in [6, 6.07) is 4.55. The first-order valence-electron chi connectivity index (χ1n) is 4.44. The van der Waals surface area contributed by atoms with Gasteiger partial charge in [0.1, 0.15) is 0 Å².